The molecule has 0 aliphatic carbocycles. The molecule has 0 aliphatic heterocycles. The SMILES string of the molecule is N#Cc1ccc(C(=O)Nc2nccnn2)nc1. The van der Waals surface area contributed by atoms with E-state index in [1.54, 1.807) is 0 Å². The van der Waals surface area contributed by atoms with Crippen LogP contribution in [0.1, 0.15) is 16.1 Å². The first-order valence-electron chi connectivity index (χ1n) is 4.61. The summed E-state index contributed by atoms with van der Waals surface area (Å²) < 4.78 is 0. The molecule has 2 rings (SSSR count). The number of carbonyl (C=O) groups is 1. The molecule has 0 radical (unpaired) electrons. The molecule has 0 aliphatic rings. The van der Waals surface area contributed by atoms with Crippen LogP contribution in [0.4, 0.5) is 5.95 Å². The highest BCUT2D eigenvalue weighted by molar-refractivity contribution is 6.01. The fourth-order valence-electron chi connectivity index (χ4n) is 1.06. The van der Waals surface area contributed by atoms with E-state index in [1.807, 2.05) is 6.07 Å². The molecule has 17 heavy (non-hydrogen) atoms. The van der Waals surface area contributed by atoms with Gasteiger partial charge in [0.05, 0.1) is 18.0 Å². The van der Waals surface area contributed by atoms with Crippen LogP contribution in [0.2, 0.25) is 0 Å². The highest BCUT2D eigenvalue weighted by Gasteiger charge is 2.08. The van der Waals surface area contributed by atoms with E-state index in [1.165, 1.54) is 30.7 Å². The lowest BCUT2D eigenvalue weighted by atomic mass is 10.2. The molecule has 2 aromatic heterocycles. The van der Waals surface area contributed by atoms with Crippen LogP contribution >= 0.6 is 0 Å². The third-order valence-corrected chi connectivity index (χ3v) is 1.83. The van der Waals surface area contributed by atoms with Crippen LogP contribution in [-0.2, 0) is 0 Å². The van der Waals surface area contributed by atoms with E-state index in [-0.39, 0.29) is 11.6 Å². The van der Waals surface area contributed by atoms with E-state index in [0.29, 0.717) is 5.56 Å². The lowest BCUT2D eigenvalue weighted by Crippen LogP contribution is -2.15. The average molecular weight is 226 g/mol. The van der Waals surface area contributed by atoms with Gasteiger partial charge in [0.15, 0.2) is 0 Å². The Morgan fingerprint density at radius 3 is 2.76 bits per heavy atom. The molecule has 0 fully saturated rings. The zero-order valence-corrected chi connectivity index (χ0v) is 8.53. The average Bonchev–Trinajstić information content (AvgIpc) is 2.40. The molecule has 7 nitrogen and oxygen atoms in total. The van der Waals surface area contributed by atoms with Crippen molar-refractivity contribution in [1.29, 1.82) is 5.26 Å². The number of pyridine rings is 1. The Bertz CT molecular complexity index is 560. The molecule has 0 aromatic carbocycles. The second-order valence-corrected chi connectivity index (χ2v) is 2.96. The van der Waals surface area contributed by atoms with Crippen molar-refractivity contribution in [2.24, 2.45) is 0 Å². The largest absolute Gasteiger partial charge is 0.288 e. The van der Waals surface area contributed by atoms with Gasteiger partial charge in [-0.3, -0.25) is 10.1 Å². The molecule has 0 atom stereocenters. The van der Waals surface area contributed by atoms with Gasteiger partial charge < -0.3 is 0 Å². The van der Waals surface area contributed by atoms with E-state index in [4.69, 9.17) is 5.26 Å². The summed E-state index contributed by atoms with van der Waals surface area (Å²) in [6.07, 6.45) is 4.13. The molecule has 0 saturated carbocycles. The van der Waals surface area contributed by atoms with Gasteiger partial charge in [-0.25, -0.2) is 9.97 Å². The normalized spacial score (nSPS) is 9.35. The molecule has 0 spiro atoms. The fourth-order valence-corrected chi connectivity index (χ4v) is 1.06. The molecular weight excluding hydrogens is 220 g/mol. The number of carbonyl (C=O) groups excluding carboxylic acids is 1. The second-order valence-electron chi connectivity index (χ2n) is 2.96. The topological polar surface area (TPSA) is 104 Å². The first-order valence-corrected chi connectivity index (χ1v) is 4.61. The van der Waals surface area contributed by atoms with Crippen LogP contribution < -0.4 is 5.32 Å². The number of anilines is 1. The Morgan fingerprint density at radius 1 is 1.29 bits per heavy atom. The van der Waals surface area contributed by atoms with Gasteiger partial charge in [0.25, 0.3) is 5.91 Å². The van der Waals surface area contributed by atoms with Crippen LogP contribution in [0.25, 0.3) is 0 Å². The van der Waals surface area contributed by atoms with Gasteiger partial charge in [-0.15, -0.1) is 5.10 Å². The molecule has 0 saturated heterocycles. The number of aromatic nitrogens is 4. The molecule has 82 valence electrons. The summed E-state index contributed by atoms with van der Waals surface area (Å²) in [6.45, 7) is 0. The van der Waals surface area contributed by atoms with E-state index in [9.17, 15) is 4.79 Å². The minimum absolute atomic E-state index is 0.101. The highest BCUT2D eigenvalue weighted by Crippen LogP contribution is 2.01. The Morgan fingerprint density at radius 2 is 2.18 bits per heavy atom. The lowest BCUT2D eigenvalue weighted by molar-refractivity contribution is 0.102. The maximum atomic E-state index is 11.6. The minimum Gasteiger partial charge on any atom is -0.288 e. The van der Waals surface area contributed by atoms with Crippen molar-refractivity contribution < 1.29 is 4.79 Å². The molecule has 0 unspecified atom stereocenters. The number of nitrogens with one attached hydrogen (secondary N) is 1. The van der Waals surface area contributed by atoms with Crippen LogP contribution in [0, 0.1) is 11.3 Å². The number of rotatable bonds is 2. The zero-order valence-electron chi connectivity index (χ0n) is 8.53. The van der Waals surface area contributed by atoms with Crippen molar-refractivity contribution in [1.82, 2.24) is 20.2 Å². The smallest absolute Gasteiger partial charge is 0.276 e. The molecular formula is C10H6N6O. The van der Waals surface area contributed by atoms with Gasteiger partial charge in [-0.05, 0) is 12.1 Å². The summed E-state index contributed by atoms with van der Waals surface area (Å²) in [7, 11) is 0. The van der Waals surface area contributed by atoms with Crippen LogP contribution in [0.5, 0.6) is 0 Å². The van der Waals surface area contributed by atoms with E-state index in [0.717, 1.165) is 0 Å². The summed E-state index contributed by atoms with van der Waals surface area (Å²) in [4.78, 5) is 19.3. The summed E-state index contributed by atoms with van der Waals surface area (Å²) in [5.74, 6) is -0.355. The number of nitrogens with zero attached hydrogens (tertiary/aromatic N) is 5. The first-order chi connectivity index (χ1) is 8.29. The second kappa shape index (κ2) is 4.76. The standard InChI is InChI=1S/C10H6N6O/c11-5-7-1-2-8(13-6-7)9(17)15-10-12-3-4-14-16-10/h1-4,6H,(H,12,15,16,17). The van der Waals surface area contributed by atoms with Gasteiger partial charge >= 0.3 is 0 Å². The molecule has 1 N–H and O–H groups in total. The third-order valence-electron chi connectivity index (χ3n) is 1.83. The maximum absolute atomic E-state index is 11.6. The van der Waals surface area contributed by atoms with Crippen molar-refractivity contribution in [3.05, 3.63) is 42.0 Å². The van der Waals surface area contributed by atoms with Gasteiger partial charge in [0.1, 0.15) is 11.8 Å². The predicted octanol–water partition coefficient (Wildman–Crippen LogP) is 0.391. The Kier molecular flexibility index (Phi) is 2.98. The molecule has 7 heteroatoms. The quantitative estimate of drug-likeness (QED) is 0.794. The summed E-state index contributed by atoms with van der Waals surface area (Å²) in [5.41, 5.74) is 0.565. The van der Waals surface area contributed by atoms with Gasteiger partial charge in [-0.2, -0.15) is 10.4 Å². The molecule has 2 heterocycles. The van der Waals surface area contributed by atoms with Crippen molar-refractivity contribution in [2.45, 2.75) is 0 Å². The van der Waals surface area contributed by atoms with Gasteiger partial charge in [-0.1, -0.05) is 0 Å². The van der Waals surface area contributed by atoms with Crippen LogP contribution in [0.3, 0.4) is 0 Å². The number of hydrogen-bond acceptors (Lipinski definition) is 6. The van der Waals surface area contributed by atoms with Crippen molar-refractivity contribution in [3.8, 4) is 6.07 Å². The predicted molar refractivity (Wildman–Crippen MR) is 56.7 cm³/mol. The Balaban J connectivity index is 2.13. The van der Waals surface area contributed by atoms with E-state index >= 15 is 0 Å². The van der Waals surface area contributed by atoms with Crippen LogP contribution in [-0.4, -0.2) is 26.1 Å². The van der Waals surface area contributed by atoms with Gasteiger partial charge in [0.2, 0.25) is 5.95 Å². The molecule has 0 bridgehead atoms. The number of amides is 1. The third kappa shape index (κ3) is 2.57. The summed E-state index contributed by atoms with van der Waals surface area (Å²) >= 11 is 0. The zero-order chi connectivity index (χ0) is 12.1. The van der Waals surface area contributed by atoms with Gasteiger partial charge in [0, 0.05) is 6.20 Å². The summed E-state index contributed by atoms with van der Waals surface area (Å²) in [5, 5.41) is 18.2. The number of hydrogen-bond donors (Lipinski definition) is 1. The monoisotopic (exact) mass is 226 g/mol. The lowest BCUT2D eigenvalue weighted by Gasteiger charge is -2.01. The van der Waals surface area contributed by atoms with Crippen molar-refractivity contribution in [2.75, 3.05) is 5.32 Å². The minimum atomic E-state index is -0.456. The van der Waals surface area contributed by atoms with Crippen LogP contribution in [0.15, 0.2) is 30.7 Å². The number of nitriles is 1. The Hall–Kier alpha value is -2.88. The Labute approximate surface area is 96.2 Å². The van der Waals surface area contributed by atoms with Crippen molar-refractivity contribution >= 4 is 11.9 Å². The van der Waals surface area contributed by atoms with E-state index < -0.39 is 5.91 Å². The van der Waals surface area contributed by atoms with E-state index in [2.05, 4.69) is 25.5 Å². The first kappa shape index (κ1) is 10.6. The molecule has 1 amide bonds. The molecule has 2 aromatic rings. The summed E-state index contributed by atoms with van der Waals surface area (Å²) in [6, 6.07) is 4.87. The van der Waals surface area contributed by atoms with Crippen molar-refractivity contribution in [3.63, 3.8) is 0 Å². The maximum Gasteiger partial charge on any atom is 0.276 e. The highest BCUT2D eigenvalue weighted by atomic mass is 16.2. The fraction of sp³-hybridized carbons (Fsp3) is 0.